The van der Waals surface area contributed by atoms with Gasteiger partial charge in [0.15, 0.2) is 5.69 Å². The first kappa shape index (κ1) is 14.0. The van der Waals surface area contributed by atoms with Crippen LogP contribution in [0.2, 0.25) is 0 Å². The van der Waals surface area contributed by atoms with Crippen molar-refractivity contribution < 1.29 is 12.8 Å². The van der Waals surface area contributed by atoms with Crippen LogP contribution in [-0.2, 0) is 10.0 Å². The number of nitriles is 1. The zero-order chi connectivity index (χ0) is 14.8. The van der Waals surface area contributed by atoms with Crippen LogP contribution in [0.25, 0.3) is 0 Å². The predicted molar refractivity (Wildman–Crippen MR) is 70.9 cm³/mol. The molecule has 0 N–H and O–H groups in total. The van der Waals surface area contributed by atoms with Crippen LogP contribution in [0.5, 0.6) is 0 Å². The van der Waals surface area contributed by atoms with Gasteiger partial charge in [-0.25, -0.2) is 17.8 Å². The van der Waals surface area contributed by atoms with Gasteiger partial charge in [-0.15, -0.1) is 0 Å². The molecule has 0 aliphatic heterocycles. The monoisotopic (exact) mass is 291 g/mol. The standard InChI is InChI=1S/C13H10FN3O2S/c1-17(11-6-4-10(14)5-7-11)20(18,19)13-3-2-8-16-12(13)9-15/h2-8H,1H3. The molecule has 0 aliphatic rings. The van der Waals surface area contributed by atoms with Crippen LogP contribution < -0.4 is 4.31 Å². The van der Waals surface area contributed by atoms with Gasteiger partial charge in [-0.2, -0.15) is 5.26 Å². The van der Waals surface area contributed by atoms with E-state index in [1.807, 2.05) is 0 Å². The van der Waals surface area contributed by atoms with Gasteiger partial charge in [0.25, 0.3) is 10.0 Å². The van der Waals surface area contributed by atoms with Crippen molar-refractivity contribution >= 4 is 15.7 Å². The van der Waals surface area contributed by atoms with Gasteiger partial charge in [-0.1, -0.05) is 0 Å². The van der Waals surface area contributed by atoms with E-state index in [1.165, 1.54) is 37.5 Å². The van der Waals surface area contributed by atoms with Gasteiger partial charge in [0.05, 0.1) is 5.69 Å². The largest absolute Gasteiger partial charge is 0.269 e. The second-order valence-electron chi connectivity index (χ2n) is 3.91. The topological polar surface area (TPSA) is 74.1 Å². The first-order chi connectivity index (χ1) is 9.46. The number of pyridine rings is 1. The number of aromatic nitrogens is 1. The van der Waals surface area contributed by atoms with Crippen LogP contribution in [0, 0.1) is 17.1 Å². The van der Waals surface area contributed by atoms with E-state index in [0.717, 1.165) is 16.4 Å². The van der Waals surface area contributed by atoms with Crippen molar-refractivity contribution in [1.82, 2.24) is 4.98 Å². The Bertz CT molecular complexity index is 767. The van der Waals surface area contributed by atoms with Gasteiger partial charge in [0.1, 0.15) is 16.8 Å². The van der Waals surface area contributed by atoms with Gasteiger partial charge >= 0.3 is 0 Å². The Morgan fingerprint density at radius 3 is 2.50 bits per heavy atom. The fourth-order valence-electron chi connectivity index (χ4n) is 1.62. The van der Waals surface area contributed by atoms with Crippen molar-refractivity contribution in [2.75, 3.05) is 11.4 Å². The molecular weight excluding hydrogens is 281 g/mol. The second-order valence-corrected chi connectivity index (χ2v) is 5.85. The summed E-state index contributed by atoms with van der Waals surface area (Å²) in [7, 11) is -2.59. The van der Waals surface area contributed by atoms with Crippen LogP contribution in [0.1, 0.15) is 5.69 Å². The normalized spacial score (nSPS) is 10.8. The molecule has 0 amide bonds. The van der Waals surface area contributed by atoms with Crippen LogP contribution >= 0.6 is 0 Å². The molecule has 0 bridgehead atoms. The summed E-state index contributed by atoms with van der Waals surface area (Å²) in [5.41, 5.74) is 0.112. The summed E-state index contributed by atoms with van der Waals surface area (Å²) >= 11 is 0. The number of hydrogen-bond donors (Lipinski definition) is 0. The minimum Gasteiger partial charge on any atom is -0.269 e. The molecular formula is C13H10FN3O2S. The highest BCUT2D eigenvalue weighted by atomic mass is 32.2. The molecule has 0 aliphatic carbocycles. The lowest BCUT2D eigenvalue weighted by atomic mass is 10.3. The number of rotatable bonds is 3. The van der Waals surface area contributed by atoms with Crippen molar-refractivity contribution in [1.29, 1.82) is 5.26 Å². The second kappa shape index (κ2) is 5.27. The highest BCUT2D eigenvalue weighted by Gasteiger charge is 2.25. The van der Waals surface area contributed by atoms with Gasteiger partial charge in [-0.3, -0.25) is 4.31 Å². The molecule has 5 nitrogen and oxygen atoms in total. The molecule has 20 heavy (non-hydrogen) atoms. The molecule has 0 fully saturated rings. The third kappa shape index (κ3) is 2.46. The minimum atomic E-state index is -3.92. The predicted octanol–water partition coefficient (Wildman–Crippen LogP) is 1.92. The molecule has 1 aromatic carbocycles. The molecule has 1 aromatic heterocycles. The molecule has 0 radical (unpaired) electrons. The fourth-order valence-corrected chi connectivity index (χ4v) is 2.91. The molecule has 7 heteroatoms. The highest BCUT2D eigenvalue weighted by Crippen LogP contribution is 2.23. The van der Waals surface area contributed by atoms with E-state index >= 15 is 0 Å². The van der Waals surface area contributed by atoms with Crippen LogP contribution in [-0.4, -0.2) is 20.4 Å². The van der Waals surface area contributed by atoms with Crippen molar-refractivity contribution in [2.45, 2.75) is 4.90 Å². The Balaban J connectivity index is 2.50. The van der Waals surface area contributed by atoms with E-state index in [4.69, 9.17) is 5.26 Å². The van der Waals surface area contributed by atoms with Gasteiger partial charge in [0.2, 0.25) is 0 Å². The summed E-state index contributed by atoms with van der Waals surface area (Å²) in [6.45, 7) is 0. The number of hydrogen-bond acceptors (Lipinski definition) is 4. The smallest absolute Gasteiger partial charge is 0.266 e. The molecule has 102 valence electrons. The van der Waals surface area contributed by atoms with E-state index in [2.05, 4.69) is 4.98 Å². The summed E-state index contributed by atoms with van der Waals surface area (Å²) in [6, 6.07) is 9.49. The molecule has 2 rings (SSSR count). The third-order valence-electron chi connectivity index (χ3n) is 2.71. The molecule has 2 aromatic rings. The Kier molecular flexibility index (Phi) is 3.68. The third-order valence-corrected chi connectivity index (χ3v) is 4.52. The highest BCUT2D eigenvalue weighted by molar-refractivity contribution is 7.92. The Labute approximate surface area is 116 Å². The molecule has 0 spiro atoms. The zero-order valence-electron chi connectivity index (χ0n) is 10.5. The number of sulfonamides is 1. The Hall–Kier alpha value is -2.46. The van der Waals surface area contributed by atoms with Crippen molar-refractivity contribution in [2.24, 2.45) is 0 Å². The van der Waals surface area contributed by atoms with Crippen LogP contribution in [0.3, 0.4) is 0 Å². The first-order valence-electron chi connectivity index (χ1n) is 5.56. The maximum Gasteiger partial charge on any atom is 0.266 e. The van der Waals surface area contributed by atoms with E-state index in [9.17, 15) is 12.8 Å². The fraction of sp³-hybridized carbons (Fsp3) is 0.0769. The molecule has 0 atom stereocenters. The SMILES string of the molecule is CN(c1ccc(F)cc1)S(=O)(=O)c1cccnc1C#N. The van der Waals surface area contributed by atoms with Crippen molar-refractivity contribution in [3.8, 4) is 6.07 Å². The first-order valence-corrected chi connectivity index (χ1v) is 7.00. The summed E-state index contributed by atoms with van der Waals surface area (Å²) in [5, 5.41) is 8.93. The lowest BCUT2D eigenvalue weighted by Gasteiger charge is -2.19. The molecule has 0 saturated heterocycles. The Morgan fingerprint density at radius 1 is 1.25 bits per heavy atom. The van der Waals surface area contributed by atoms with Gasteiger partial charge in [-0.05, 0) is 36.4 Å². The van der Waals surface area contributed by atoms with Gasteiger partial charge in [0, 0.05) is 13.2 Å². The lowest BCUT2D eigenvalue weighted by molar-refractivity contribution is 0.593. The number of halogens is 1. The average Bonchev–Trinajstić information content (AvgIpc) is 2.47. The maximum atomic E-state index is 12.9. The lowest BCUT2D eigenvalue weighted by Crippen LogP contribution is -2.27. The Morgan fingerprint density at radius 2 is 1.90 bits per heavy atom. The van der Waals surface area contributed by atoms with Crippen LogP contribution in [0.4, 0.5) is 10.1 Å². The minimum absolute atomic E-state index is 0.179. The summed E-state index contributed by atoms with van der Waals surface area (Å²) < 4.78 is 38.7. The van der Waals surface area contributed by atoms with E-state index in [0.29, 0.717) is 5.69 Å². The van der Waals surface area contributed by atoms with Crippen molar-refractivity contribution in [3.63, 3.8) is 0 Å². The number of benzene rings is 1. The average molecular weight is 291 g/mol. The zero-order valence-corrected chi connectivity index (χ0v) is 11.3. The van der Waals surface area contributed by atoms with Gasteiger partial charge < -0.3 is 0 Å². The molecule has 0 unspecified atom stereocenters. The molecule has 1 heterocycles. The summed E-state index contributed by atoms with van der Waals surface area (Å²) in [6.07, 6.45) is 1.34. The van der Waals surface area contributed by atoms with Crippen molar-refractivity contribution in [3.05, 3.63) is 54.1 Å². The number of anilines is 1. The summed E-state index contributed by atoms with van der Waals surface area (Å²) in [5.74, 6) is -0.460. The summed E-state index contributed by atoms with van der Waals surface area (Å²) in [4.78, 5) is 3.54. The van der Waals surface area contributed by atoms with E-state index in [-0.39, 0.29) is 10.6 Å². The van der Waals surface area contributed by atoms with Crippen LogP contribution in [0.15, 0.2) is 47.5 Å². The van der Waals surface area contributed by atoms with E-state index in [1.54, 1.807) is 6.07 Å². The quantitative estimate of drug-likeness (QED) is 0.866. The van der Waals surface area contributed by atoms with E-state index < -0.39 is 15.8 Å². The maximum absolute atomic E-state index is 12.9. The number of nitrogens with zero attached hydrogens (tertiary/aromatic N) is 3. The molecule has 0 saturated carbocycles.